The lowest BCUT2D eigenvalue weighted by Gasteiger charge is -2.18. The lowest BCUT2D eigenvalue weighted by molar-refractivity contribution is -0.167. The highest BCUT2D eigenvalue weighted by Gasteiger charge is 2.19. The first-order valence-corrected chi connectivity index (χ1v) is 32.3. The fourth-order valence-corrected chi connectivity index (χ4v) is 9.36. The second kappa shape index (κ2) is 62.6. The summed E-state index contributed by atoms with van der Waals surface area (Å²) in [5.74, 6) is -0.873. The Hall–Kier alpha value is -2.89. The Balaban J connectivity index is 4.34. The number of rotatable bonds is 59. The Morgan fingerprint density at radius 1 is 0.270 bits per heavy atom. The van der Waals surface area contributed by atoms with Crippen molar-refractivity contribution in [2.45, 2.75) is 341 Å². The molecule has 0 aliphatic carbocycles. The van der Waals surface area contributed by atoms with Crippen molar-refractivity contribution in [1.29, 1.82) is 0 Å². The number of allylic oxidation sites excluding steroid dienone is 10. The largest absolute Gasteiger partial charge is 0.462 e. The molecule has 0 heterocycles. The molecule has 0 aromatic carbocycles. The predicted octanol–water partition coefficient (Wildman–Crippen LogP) is 21.9. The Labute approximate surface area is 460 Å². The molecule has 0 amide bonds. The third-order valence-corrected chi connectivity index (χ3v) is 14.2. The molecule has 430 valence electrons. The van der Waals surface area contributed by atoms with E-state index < -0.39 is 6.10 Å². The van der Waals surface area contributed by atoms with Crippen LogP contribution in [-0.2, 0) is 28.6 Å². The van der Waals surface area contributed by atoms with Crippen LogP contribution in [0.1, 0.15) is 335 Å². The molecule has 0 saturated carbocycles. The fourth-order valence-electron chi connectivity index (χ4n) is 9.36. The van der Waals surface area contributed by atoms with Gasteiger partial charge in [-0.05, 0) is 89.9 Å². The van der Waals surface area contributed by atoms with E-state index in [0.717, 1.165) is 89.9 Å². The topological polar surface area (TPSA) is 78.9 Å². The summed E-state index contributed by atoms with van der Waals surface area (Å²) < 4.78 is 16.9. The molecule has 0 radical (unpaired) electrons. The van der Waals surface area contributed by atoms with Crippen LogP contribution < -0.4 is 0 Å². The summed E-state index contributed by atoms with van der Waals surface area (Å²) in [6.07, 6.45) is 79.3. The molecule has 0 saturated heterocycles. The number of hydrogen-bond donors (Lipinski definition) is 0. The standard InChI is InChI=1S/C68H122O6/c1-4-7-10-13-16-19-22-25-28-30-32-33-34-35-37-38-40-43-46-49-52-55-58-61-67(70)73-64-65(63-72-66(69)60-57-54-51-48-45-42-27-24-21-18-15-12-9-6-3)74-68(71)62-59-56-53-50-47-44-41-39-36-31-29-26-23-20-17-14-11-8-5-2/h17,20,22,25-26,29-30,32,36,39,65H,4-16,18-19,21,23-24,27-28,31,33-35,37-38,40-64H2,1-3H3/b20-17-,25-22-,29-26-,32-30-,39-36-. The Morgan fingerprint density at radius 2 is 0.486 bits per heavy atom. The van der Waals surface area contributed by atoms with Crippen LogP contribution in [0.3, 0.4) is 0 Å². The minimum absolute atomic E-state index is 0.0769. The fraction of sp³-hybridized carbons (Fsp3) is 0.809. The molecule has 0 bridgehead atoms. The number of unbranched alkanes of at least 4 members (excludes halogenated alkanes) is 38. The van der Waals surface area contributed by atoms with Gasteiger partial charge < -0.3 is 14.2 Å². The lowest BCUT2D eigenvalue weighted by atomic mass is 10.0. The van der Waals surface area contributed by atoms with Gasteiger partial charge in [-0.1, -0.05) is 287 Å². The molecule has 0 spiro atoms. The van der Waals surface area contributed by atoms with Gasteiger partial charge in [0.15, 0.2) is 6.10 Å². The third-order valence-electron chi connectivity index (χ3n) is 14.2. The zero-order valence-corrected chi connectivity index (χ0v) is 49.4. The third kappa shape index (κ3) is 60.0. The van der Waals surface area contributed by atoms with Crippen LogP contribution in [0.15, 0.2) is 60.8 Å². The van der Waals surface area contributed by atoms with Crippen LogP contribution >= 0.6 is 0 Å². The van der Waals surface area contributed by atoms with E-state index in [1.54, 1.807) is 0 Å². The number of hydrogen-bond acceptors (Lipinski definition) is 6. The maximum absolute atomic E-state index is 12.9. The number of carbonyl (C=O) groups excluding carboxylic acids is 3. The van der Waals surface area contributed by atoms with Crippen LogP contribution in [0.25, 0.3) is 0 Å². The molecule has 1 atom stereocenters. The van der Waals surface area contributed by atoms with E-state index in [-0.39, 0.29) is 31.1 Å². The van der Waals surface area contributed by atoms with Crippen molar-refractivity contribution in [3.05, 3.63) is 60.8 Å². The van der Waals surface area contributed by atoms with Crippen LogP contribution in [0, 0.1) is 0 Å². The Morgan fingerprint density at radius 3 is 0.784 bits per heavy atom. The molecule has 0 aliphatic heterocycles. The molecule has 1 unspecified atom stereocenters. The van der Waals surface area contributed by atoms with Gasteiger partial charge in [0, 0.05) is 19.3 Å². The van der Waals surface area contributed by atoms with Crippen molar-refractivity contribution in [3.8, 4) is 0 Å². The summed E-state index contributed by atoms with van der Waals surface area (Å²) >= 11 is 0. The van der Waals surface area contributed by atoms with Crippen LogP contribution in [-0.4, -0.2) is 37.2 Å². The van der Waals surface area contributed by atoms with Gasteiger partial charge in [0.05, 0.1) is 0 Å². The van der Waals surface area contributed by atoms with E-state index >= 15 is 0 Å². The Bertz CT molecular complexity index is 1330. The molecule has 74 heavy (non-hydrogen) atoms. The number of esters is 3. The summed E-state index contributed by atoms with van der Waals surface area (Å²) in [5.41, 5.74) is 0. The van der Waals surface area contributed by atoms with Crippen LogP contribution in [0.5, 0.6) is 0 Å². The van der Waals surface area contributed by atoms with Crippen molar-refractivity contribution in [2.75, 3.05) is 13.2 Å². The lowest BCUT2D eigenvalue weighted by Crippen LogP contribution is -2.30. The van der Waals surface area contributed by atoms with Gasteiger partial charge in [-0.25, -0.2) is 0 Å². The monoisotopic (exact) mass is 1030 g/mol. The summed E-state index contributed by atoms with van der Waals surface area (Å²) in [4.78, 5) is 38.3. The minimum Gasteiger partial charge on any atom is -0.462 e. The minimum atomic E-state index is -0.781. The first-order valence-electron chi connectivity index (χ1n) is 32.3. The molecule has 0 aliphatic rings. The molecule has 0 aromatic rings. The maximum atomic E-state index is 12.9. The normalized spacial score (nSPS) is 12.4. The van der Waals surface area contributed by atoms with Crippen molar-refractivity contribution < 1.29 is 28.6 Å². The average molecular weight is 1040 g/mol. The predicted molar refractivity (Wildman–Crippen MR) is 321 cm³/mol. The maximum Gasteiger partial charge on any atom is 0.306 e. The second-order valence-corrected chi connectivity index (χ2v) is 21.7. The highest BCUT2D eigenvalue weighted by Crippen LogP contribution is 2.17. The van der Waals surface area contributed by atoms with Crippen molar-refractivity contribution >= 4 is 17.9 Å². The van der Waals surface area contributed by atoms with Crippen LogP contribution in [0.2, 0.25) is 0 Å². The van der Waals surface area contributed by atoms with Gasteiger partial charge in [0.25, 0.3) is 0 Å². The first kappa shape index (κ1) is 71.1. The molecule has 6 heteroatoms. The molecule has 0 aromatic heterocycles. The van der Waals surface area contributed by atoms with Gasteiger partial charge in [0.2, 0.25) is 0 Å². The molecular weight excluding hydrogens is 913 g/mol. The van der Waals surface area contributed by atoms with Gasteiger partial charge in [-0.3, -0.25) is 14.4 Å². The van der Waals surface area contributed by atoms with E-state index in [4.69, 9.17) is 14.2 Å². The zero-order chi connectivity index (χ0) is 53.6. The Kier molecular flexibility index (Phi) is 60.2. The smallest absolute Gasteiger partial charge is 0.306 e. The molecule has 6 nitrogen and oxygen atoms in total. The highest BCUT2D eigenvalue weighted by molar-refractivity contribution is 5.71. The van der Waals surface area contributed by atoms with E-state index in [1.807, 2.05) is 0 Å². The highest BCUT2D eigenvalue weighted by atomic mass is 16.6. The number of carbonyl (C=O) groups is 3. The SMILES string of the molecule is CCCCC/C=C\C/C=C\C/C=C\CCCCCCCCC(=O)OC(COC(=O)CCCCCCCCCCCCC/C=C\C/C=C\CCCCCCC)COC(=O)CCCCCCCCCCCCCCCC. The summed E-state index contributed by atoms with van der Waals surface area (Å²) in [7, 11) is 0. The number of ether oxygens (including phenoxy) is 3. The van der Waals surface area contributed by atoms with Gasteiger partial charge in [-0.15, -0.1) is 0 Å². The van der Waals surface area contributed by atoms with Crippen molar-refractivity contribution in [3.63, 3.8) is 0 Å². The van der Waals surface area contributed by atoms with Crippen LogP contribution in [0.4, 0.5) is 0 Å². The second-order valence-electron chi connectivity index (χ2n) is 21.7. The molecule has 0 fully saturated rings. The van der Waals surface area contributed by atoms with Crippen molar-refractivity contribution in [1.82, 2.24) is 0 Å². The van der Waals surface area contributed by atoms with E-state index in [0.29, 0.717) is 19.3 Å². The van der Waals surface area contributed by atoms with E-state index in [9.17, 15) is 14.4 Å². The molecule has 0 N–H and O–H groups in total. The molecule has 0 rings (SSSR count). The van der Waals surface area contributed by atoms with Gasteiger partial charge >= 0.3 is 17.9 Å². The van der Waals surface area contributed by atoms with E-state index in [2.05, 4.69) is 81.5 Å². The van der Waals surface area contributed by atoms with Crippen molar-refractivity contribution in [2.24, 2.45) is 0 Å². The summed E-state index contributed by atoms with van der Waals surface area (Å²) in [6, 6.07) is 0. The summed E-state index contributed by atoms with van der Waals surface area (Å²) in [6.45, 7) is 6.64. The molecular formula is C68H122O6. The zero-order valence-electron chi connectivity index (χ0n) is 49.4. The average Bonchev–Trinajstić information content (AvgIpc) is 3.40. The van der Waals surface area contributed by atoms with Gasteiger partial charge in [0.1, 0.15) is 13.2 Å². The quantitative estimate of drug-likeness (QED) is 0.0261. The van der Waals surface area contributed by atoms with E-state index in [1.165, 1.54) is 205 Å². The summed E-state index contributed by atoms with van der Waals surface area (Å²) in [5, 5.41) is 0. The first-order chi connectivity index (χ1) is 36.5. The van der Waals surface area contributed by atoms with Gasteiger partial charge in [-0.2, -0.15) is 0 Å².